The number of sulfonamides is 1. The molecule has 0 atom stereocenters. The van der Waals surface area contributed by atoms with Crippen molar-refractivity contribution in [3.63, 3.8) is 0 Å². The van der Waals surface area contributed by atoms with E-state index in [0.717, 1.165) is 35.1 Å². The topological polar surface area (TPSA) is 137 Å². The Morgan fingerprint density at radius 2 is 1.91 bits per heavy atom. The first kappa shape index (κ1) is 22.6. The fourth-order valence-corrected chi connectivity index (χ4v) is 3.91. The Morgan fingerprint density at radius 1 is 1.09 bits per heavy atom. The Kier molecular flexibility index (Phi) is 6.54. The minimum absolute atomic E-state index is 0.00836. The van der Waals surface area contributed by atoms with Crippen molar-refractivity contribution in [2.24, 2.45) is 5.14 Å². The molecule has 0 aliphatic heterocycles. The number of hydrogen-bond acceptors (Lipinski definition) is 8. The van der Waals surface area contributed by atoms with Crippen LogP contribution in [0.1, 0.15) is 12.0 Å². The second kappa shape index (κ2) is 9.53. The van der Waals surface area contributed by atoms with Crippen molar-refractivity contribution in [3.05, 3.63) is 60.4 Å². The Labute approximate surface area is 191 Å². The van der Waals surface area contributed by atoms with Crippen molar-refractivity contribution in [1.29, 1.82) is 0 Å². The fourth-order valence-electron chi connectivity index (χ4n) is 3.35. The fraction of sp³-hybridized carbons (Fsp3) is 0.227. The van der Waals surface area contributed by atoms with Crippen molar-refractivity contribution in [2.75, 3.05) is 24.4 Å². The van der Waals surface area contributed by atoms with E-state index in [1.807, 2.05) is 36.0 Å². The summed E-state index contributed by atoms with van der Waals surface area (Å²) < 4.78 is 30.3. The summed E-state index contributed by atoms with van der Waals surface area (Å²) in [4.78, 5) is 8.84. The number of nitrogens with two attached hydrogens (primary N) is 1. The average Bonchev–Trinajstić information content (AvgIpc) is 3.18. The van der Waals surface area contributed by atoms with E-state index >= 15 is 0 Å². The number of ether oxygens (including phenoxy) is 1. The number of aryl methyl sites for hydroxylation is 2. The average molecular weight is 468 g/mol. The minimum atomic E-state index is -3.80. The van der Waals surface area contributed by atoms with Gasteiger partial charge < -0.3 is 15.4 Å². The van der Waals surface area contributed by atoms with Crippen molar-refractivity contribution in [1.82, 2.24) is 19.7 Å². The summed E-state index contributed by atoms with van der Waals surface area (Å²) in [7, 11) is -2.11. The number of methoxy groups -OCH3 is 1. The number of fused-ring (bicyclic) bond motifs is 1. The highest BCUT2D eigenvalue weighted by molar-refractivity contribution is 7.89. The Morgan fingerprint density at radius 3 is 2.70 bits per heavy atom. The van der Waals surface area contributed by atoms with Gasteiger partial charge in [-0.05, 0) is 49.7 Å². The molecule has 4 rings (SSSR count). The van der Waals surface area contributed by atoms with Crippen molar-refractivity contribution in [2.45, 2.75) is 24.8 Å². The zero-order valence-corrected chi connectivity index (χ0v) is 19.1. The molecule has 0 spiro atoms. The number of primary sulfonamides is 1. The first-order chi connectivity index (χ1) is 15.8. The Bertz CT molecular complexity index is 1390. The largest absolute Gasteiger partial charge is 0.385 e. The maximum atomic E-state index is 11.6. The van der Waals surface area contributed by atoms with Crippen LogP contribution in [-0.4, -0.2) is 41.9 Å². The van der Waals surface area contributed by atoms with Gasteiger partial charge in [0.15, 0.2) is 0 Å². The molecular formula is C22H25N7O3S. The summed E-state index contributed by atoms with van der Waals surface area (Å²) in [6.45, 7) is 3.38. The second-order valence-corrected chi connectivity index (χ2v) is 9.10. The third-order valence-corrected chi connectivity index (χ3v) is 5.92. The Hall–Kier alpha value is -3.54. The molecule has 0 saturated carbocycles. The molecule has 4 N–H and O–H groups in total. The molecule has 33 heavy (non-hydrogen) atoms. The molecule has 2 aromatic carbocycles. The first-order valence-electron chi connectivity index (χ1n) is 10.3. The molecule has 0 bridgehead atoms. The van der Waals surface area contributed by atoms with E-state index in [1.54, 1.807) is 25.4 Å². The van der Waals surface area contributed by atoms with Gasteiger partial charge in [0.1, 0.15) is 5.82 Å². The second-order valence-electron chi connectivity index (χ2n) is 7.54. The molecule has 4 aromatic rings. The van der Waals surface area contributed by atoms with Crippen LogP contribution in [0.4, 0.5) is 23.1 Å². The van der Waals surface area contributed by atoms with Gasteiger partial charge in [-0.2, -0.15) is 10.1 Å². The number of anilines is 4. The molecule has 0 fully saturated rings. The standard InChI is InChI=1S/C22H25N7O3S/c1-15-13-24-22(27-17-5-3-6-19(12-17)33(23,30)31)28-21(15)26-18-7-8-20-16(11-18)14-25-29(20)9-4-10-32-2/h3,5-8,11-14H,4,9-10H2,1-2H3,(H2,23,30,31)(H2,24,26,27,28). The monoisotopic (exact) mass is 467 g/mol. The van der Waals surface area contributed by atoms with Crippen LogP contribution in [0, 0.1) is 6.92 Å². The lowest BCUT2D eigenvalue weighted by Gasteiger charge is -2.12. The molecule has 0 aliphatic carbocycles. The molecule has 10 nitrogen and oxygen atoms in total. The van der Waals surface area contributed by atoms with Crippen LogP contribution in [0.2, 0.25) is 0 Å². The third kappa shape index (κ3) is 5.45. The summed E-state index contributed by atoms with van der Waals surface area (Å²) in [5.41, 5.74) is 3.28. The quantitative estimate of drug-likeness (QED) is 0.319. The Balaban J connectivity index is 1.53. The summed E-state index contributed by atoms with van der Waals surface area (Å²) in [5.74, 6) is 0.948. The number of nitrogens with one attached hydrogen (secondary N) is 2. The van der Waals surface area contributed by atoms with E-state index < -0.39 is 10.0 Å². The number of aromatic nitrogens is 4. The number of nitrogens with zero attached hydrogens (tertiary/aromatic N) is 4. The van der Waals surface area contributed by atoms with Gasteiger partial charge in [0, 0.05) is 48.8 Å². The number of rotatable bonds is 9. The lowest BCUT2D eigenvalue weighted by molar-refractivity contribution is 0.189. The number of hydrogen-bond donors (Lipinski definition) is 3. The number of benzene rings is 2. The van der Waals surface area contributed by atoms with Crippen molar-refractivity contribution in [3.8, 4) is 0 Å². The highest BCUT2D eigenvalue weighted by atomic mass is 32.2. The van der Waals surface area contributed by atoms with E-state index in [4.69, 9.17) is 9.88 Å². The molecule has 0 unspecified atom stereocenters. The van der Waals surface area contributed by atoms with E-state index in [9.17, 15) is 8.42 Å². The van der Waals surface area contributed by atoms with Crippen molar-refractivity contribution >= 4 is 44.1 Å². The zero-order chi connectivity index (χ0) is 23.4. The molecule has 0 saturated heterocycles. The highest BCUT2D eigenvalue weighted by Gasteiger charge is 2.10. The molecule has 0 amide bonds. The van der Waals surface area contributed by atoms with Crippen LogP contribution < -0.4 is 15.8 Å². The van der Waals surface area contributed by atoms with Gasteiger partial charge in [-0.1, -0.05) is 6.07 Å². The van der Waals surface area contributed by atoms with Crippen LogP contribution >= 0.6 is 0 Å². The smallest absolute Gasteiger partial charge is 0.238 e. The molecule has 0 aliphatic rings. The first-order valence-corrected chi connectivity index (χ1v) is 11.8. The molecule has 2 heterocycles. The normalized spacial score (nSPS) is 11.6. The van der Waals surface area contributed by atoms with Gasteiger partial charge in [0.2, 0.25) is 16.0 Å². The maximum Gasteiger partial charge on any atom is 0.238 e. The van der Waals surface area contributed by atoms with Gasteiger partial charge in [-0.25, -0.2) is 18.5 Å². The lowest BCUT2D eigenvalue weighted by atomic mass is 10.2. The molecule has 11 heteroatoms. The van der Waals surface area contributed by atoms with Crippen LogP contribution in [0.5, 0.6) is 0 Å². The molecule has 0 radical (unpaired) electrons. The summed E-state index contributed by atoms with van der Waals surface area (Å²) in [6.07, 6.45) is 4.42. The summed E-state index contributed by atoms with van der Waals surface area (Å²) in [5, 5.41) is 17.0. The van der Waals surface area contributed by atoms with E-state index in [2.05, 4.69) is 25.7 Å². The van der Waals surface area contributed by atoms with Gasteiger partial charge in [0.25, 0.3) is 0 Å². The van der Waals surface area contributed by atoms with E-state index in [-0.39, 0.29) is 4.90 Å². The molecular weight excluding hydrogens is 442 g/mol. The predicted molar refractivity (Wildman–Crippen MR) is 127 cm³/mol. The maximum absolute atomic E-state index is 11.6. The zero-order valence-electron chi connectivity index (χ0n) is 18.3. The van der Waals surface area contributed by atoms with Gasteiger partial charge >= 0.3 is 0 Å². The highest BCUT2D eigenvalue weighted by Crippen LogP contribution is 2.25. The SMILES string of the molecule is COCCCn1ncc2cc(Nc3nc(Nc4cccc(S(N)(=O)=O)c4)ncc3C)ccc21. The van der Waals surface area contributed by atoms with Crippen LogP contribution in [0.25, 0.3) is 10.9 Å². The van der Waals surface area contributed by atoms with E-state index in [1.165, 1.54) is 12.1 Å². The molecule has 2 aromatic heterocycles. The van der Waals surface area contributed by atoms with Crippen LogP contribution in [-0.2, 0) is 21.3 Å². The molecule has 172 valence electrons. The summed E-state index contributed by atoms with van der Waals surface area (Å²) in [6, 6.07) is 12.2. The summed E-state index contributed by atoms with van der Waals surface area (Å²) >= 11 is 0. The lowest BCUT2D eigenvalue weighted by Crippen LogP contribution is -2.12. The predicted octanol–water partition coefficient (Wildman–Crippen LogP) is 3.31. The van der Waals surface area contributed by atoms with Gasteiger partial charge in [0.05, 0.1) is 16.6 Å². The van der Waals surface area contributed by atoms with Gasteiger partial charge in [-0.3, -0.25) is 4.68 Å². The van der Waals surface area contributed by atoms with Crippen molar-refractivity contribution < 1.29 is 13.2 Å². The van der Waals surface area contributed by atoms with Crippen LogP contribution in [0.15, 0.2) is 59.8 Å². The van der Waals surface area contributed by atoms with Gasteiger partial charge in [-0.15, -0.1) is 0 Å². The third-order valence-electron chi connectivity index (χ3n) is 5.01. The van der Waals surface area contributed by atoms with E-state index in [0.29, 0.717) is 24.1 Å². The van der Waals surface area contributed by atoms with Crippen LogP contribution in [0.3, 0.4) is 0 Å². The minimum Gasteiger partial charge on any atom is -0.385 e.